The van der Waals surface area contributed by atoms with Crippen LogP contribution >= 0.6 is 23.7 Å². The number of aromatic nitrogens is 1. The molecule has 1 spiro atoms. The quantitative estimate of drug-likeness (QED) is 0.727. The Morgan fingerprint density at radius 3 is 2.73 bits per heavy atom. The van der Waals surface area contributed by atoms with E-state index in [9.17, 15) is 9.59 Å². The Morgan fingerprint density at radius 1 is 1.35 bits per heavy atom. The van der Waals surface area contributed by atoms with E-state index in [2.05, 4.69) is 21.7 Å². The number of carbonyl (C=O) groups is 2. The second-order valence-electron chi connectivity index (χ2n) is 7.06. The van der Waals surface area contributed by atoms with Crippen molar-refractivity contribution >= 4 is 35.6 Å². The highest BCUT2D eigenvalue weighted by atomic mass is 35.5. The van der Waals surface area contributed by atoms with Gasteiger partial charge in [0.1, 0.15) is 5.69 Å². The molecule has 1 unspecified atom stereocenters. The van der Waals surface area contributed by atoms with E-state index in [1.165, 1.54) is 6.20 Å². The number of piperidine rings is 1. The number of nitrogens with zero attached hydrogens (tertiary/aromatic N) is 1. The predicted molar refractivity (Wildman–Crippen MR) is 104 cm³/mol. The first-order valence-corrected chi connectivity index (χ1v) is 9.54. The summed E-state index contributed by atoms with van der Waals surface area (Å²) in [6.07, 6.45) is 4.80. The second kappa shape index (κ2) is 7.42. The molecule has 1 atom stereocenters. The van der Waals surface area contributed by atoms with Crippen molar-refractivity contribution in [3.8, 4) is 0 Å². The van der Waals surface area contributed by atoms with Crippen LogP contribution in [0.3, 0.4) is 0 Å². The van der Waals surface area contributed by atoms with Crippen LogP contribution in [0.25, 0.3) is 0 Å². The van der Waals surface area contributed by atoms with Gasteiger partial charge in [-0.1, -0.05) is 0 Å². The molecule has 26 heavy (non-hydrogen) atoms. The Labute approximate surface area is 162 Å². The normalized spacial score (nSPS) is 20.4. The molecule has 140 valence electrons. The third kappa shape index (κ3) is 3.51. The van der Waals surface area contributed by atoms with Crippen molar-refractivity contribution in [3.05, 3.63) is 45.9 Å². The fraction of sp³-hybridized carbons (Fsp3) is 0.444. The lowest BCUT2D eigenvalue weighted by atomic mass is 9.93. The van der Waals surface area contributed by atoms with Gasteiger partial charge in [0, 0.05) is 18.8 Å². The van der Waals surface area contributed by atoms with Gasteiger partial charge in [0.2, 0.25) is 5.91 Å². The maximum atomic E-state index is 13.1. The molecule has 2 fully saturated rings. The van der Waals surface area contributed by atoms with Crippen LogP contribution in [-0.4, -0.2) is 40.8 Å². The Bertz CT molecular complexity index is 783. The van der Waals surface area contributed by atoms with Gasteiger partial charge >= 0.3 is 0 Å². The second-order valence-corrected chi connectivity index (χ2v) is 7.84. The standard InChI is InChI=1S/C18H22N4O2S.ClH/c19-16(23)13-7-14(21-9-13)17(24)22(10-12-1-6-25-11-12)15-8-18(15)2-4-20-5-3-18;/h1,6-7,9,11,15,20-21H,2-5,8,10H2,(H2,19,23);1H. The maximum Gasteiger partial charge on any atom is 0.270 e. The third-order valence-electron chi connectivity index (χ3n) is 5.51. The fourth-order valence-corrected chi connectivity index (χ4v) is 4.61. The average Bonchev–Trinajstić information content (AvgIpc) is 3.06. The molecule has 6 nitrogen and oxygen atoms in total. The zero-order valence-electron chi connectivity index (χ0n) is 14.4. The van der Waals surface area contributed by atoms with Crippen molar-refractivity contribution in [2.75, 3.05) is 13.1 Å². The van der Waals surface area contributed by atoms with Crippen molar-refractivity contribution in [2.24, 2.45) is 11.1 Å². The highest BCUT2D eigenvalue weighted by Crippen LogP contribution is 2.56. The molecule has 1 saturated heterocycles. The summed E-state index contributed by atoms with van der Waals surface area (Å²) in [6.45, 7) is 2.64. The van der Waals surface area contributed by atoms with E-state index >= 15 is 0 Å². The average molecular weight is 395 g/mol. The highest BCUT2D eigenvalue weighted by Gasteiger charge is 2.57. The number of primary amides is 1. The van der Waals surface area contributed by atoms with Crippen LogP contribution in [-0.2, 0) is 6.54 Å². The fourth-order valence-electron chi connectivity index (χ4n) is 3.95. The maximum absolute atomic E-state index is 13.1. The SMILES string of the molecule is Cl.NC(=O)c1c[nH]c(C(=O)N(Cc2ccsc2)C2CC23CCNCC3)c1. The van der Waals surface area contributed by atoms with E-state index in [-0.39, 0.29) is 29.8 Å². The molecule has 2 aromatic heterocycles. The number of nitrogens with one attached hydrogen (secondary N) is 2. The summed E-state index contributed by atoms with van der Waals surface area (Å²) in [5, 5.41) is 7.52. The van der Waals surface area contributed by atoms with E-state index in [0.29, 0.717) is 17.8 Å². The van der Waals surface area contributed by atoms with Crippen LogP contribution in [0.4, 0.5) is 0 Å². The van der Waals surface area contributed by atoms with Crippen LogP contribution in [0.2, 0.25) is 0 Å². The molecular formula is C18H23ClN4O2S. The summed E-state index contributed by atoms with van der Waals surface area (Å²) in [4.78, 5) is 29.4. The molecule has 2 aliphatic rings. The van der Waals surface area contributed by atoms with Gasteiger partial charge in [-0.3, -0.25) is 9.59 Å². The molecule has 4 rings (SSSR count). The van der Waals surface area contributed by atoms with Crippen molar-refractivity contribution in [1.82, 2.24) is 15.2 Å². The lowest BCUT2D eigenvalue weighted by molar-refractivity contribution is 0.0687. The van der Waals surface area contributed by atoms with Gasteiger partial charge in [-0.15, -0.1) is 12.4 Å². The van der Waals surface area contributed by atoms with Gasteiger partial charge in [0.05, 0.1) is 5.56 Å². The number of rotatable bonds is 5. The van der Waals surface area contributed by atoms with E-state index in [4.69, 9.17) is 5.73 Å². The first kappa shape index (κ1) is 18.9. The van der Waals surface area contributed by atoms with Crippen LogP contribution in [0.15, 0.2) is 29.1 Å². The molecular weight excluding hydrogens is 372 g/mol. The first-order chi connectivity index (χ1) is 12.1. The lowest BCUT2D eigenvalue weighted by Gasteiger charge is -2.29. The number of thiophene rings is 1. The van der Waals surface area contributed by atoms with Crippen molar-refractivity contribution in [3.63, 3.8) is 0 Å². The number of H-pyrrole nitrogens is 1. The minimum Gasteiger partial charge on any atom is -0.366 e. The number of amides is 2. The molecule has 4 N–H and O–H groups in total. The topological polar surface area (TPSA) is 91.2 Å². The van der Waals surface area contributed by atoms with Gasteiger partial charge < -0.3 is 20.9 Å². The van der Waals surface area contributed by atoms with Crippen LogP contribution in [0.5, 0.6) is 0 Å². The highest BCUT2D eigenvalue weighted by molar-refractivity contribution is 7.07. The Morgan fingerprint density at radius 2 is 2.12 bits per heavy atom. The molecule has 0 radical (unpaired) electrons. The number of nitrogens with two attached hydrogens (primary N) is 1. The summed E-state index contributed by atoms with van der Waals surface area (Å²) >= 11 is 1.64. The predicted octanol–water partition coefficient (Wildman–Crippen LogP) is 2.38. The molecule has 0 aromatic carbocycles. The van der Waals surface area contributed by atoms with Gasteiger partial charge in [-0.2, -0.15) is 11.3 Å². The largest absolute Gasteiger partial charge is 0.366 e. The number of aromatic amines is 1. The molecule has 1 aliphatic heterocycles. The van der Waals surface area contributed by atoms with E-state index in [1.807, 2.05) is 10.3 Å². The van der Waals surface area contributed by atoms with E-state index in [0.717, 1.165) is 37.9 Å². The van der Waals surface area contributed by atoms with Crippen LogP contribution in [0, 0.1) is 5.41 Å². The van der Waals surface area contributed by atoms with E-state index in [1.54, 1.807) is 17.4 Å². The summed E-state index contributed by atoms with van der Waals surface area (Å²) in [6, 6.07) is 3.89. The molecule has 2 amide bonds. The van der Waals surface area contributed by atoms with Gasteiger partial charge in [0.15, 0.2) is 0 Å². The molecule has 8 heteroatoms. The summed E-state index contributed by atoms with van der Waals surface area (Å²) in [5.74, 6) is -0.583. The molecule has 3 heterocycles. The molecule has 1 aliphatic carbocycles. The van der Waals surface area contributed by atoms with Gasteiger partial charge in [0.25, 0.3) is 5.91 Å². The number of halogens is 1. The minimum atomic E-state index is -0.527. The van der Waals surface area contributed by atoms with Crippen LogP contribution < -0.4 is 11.1 Å². The zero-order valence-corrected chi connectivity index (χ0v) is 16.0. The first-order valence-electron chi connectivity index (χ1n) is 8.60. The van der Waals surface area contributed by atoms with Crippen molar-refractivity contribution < 1.29 is 9.59 Å². The minimum absolute atomic E-state index is 0. The molecule has 1 saturated carbocycles. The molecule has 0 bridgehead atoms. The summed E-state index contributed by atoms with van der Waals surface area (Å²) in [7, 11) is 0. The van der Waals surface area contributed by atoms with Gasteiger partial charge in [-0.25, -0.2) is 0 Å². The Kier molecular flexibility index (Phi) is 5.41. The number of hydrogen-bond donors (Lipinski definition) is 3. The Balaban J connectivity index is 0.00000196. The monoisotopic (exact) mass is 394 g/mol. The third-order valence-corrected chi connectivity index (χ3v) is 6.25. The Hall–Kier alpha value is -1.83. The van der Waals surface area contributed by atoms with Gasteiger partial charge in [-0.05, 0) is 66.2 Å². The summed E-state index contributed by atoms with van der Waals surface area (Å²) < 4.78 is 0. The zero-order chi connectivity index (χ0) is 17.4. The number of carbonyl (C=O) groups excluding carboxylic acids is 2. The molecule has 2 aromatic rings. The van der Waals surface area contributed by atoms with E-state index < -0.39 is 5.91 Å². The summed E-state index contributed by atoms with van der Waals surface area (Å²) in [5.41, 5.74) is 7.49. The van der Waals surface area contributed by atoms with Crippen molar-refractivity contribution in [2.45, 2.75) is 31.8 Å². The van der Waals surface area contributed by atoms with Crippen molar-refractivity contribution in [1.29, 1.82) is 0 Å². The number of hydrogen-bond acceptors (Lipinski definition) is 4. The lowest BCUT2D eigenvalue weighted by Crippen LogP contribution is -2.39. The van der Waals surface area contributed by atoms with Crippen LogP contribution in [0.1, 0.15) is 45.7 Å². The smallest absolute Gasteiger partial charge is 0.270 e.